The SMILES string of the molecule is CCCOc1cccc(C(O)=C2C(=O)C(=O)N(c3nc4ccc(F)cc4s3)C2c2ccc(N(C)C)cc2)c1. The Labute approximate surface area is 223 Å². The smallest absolute Gasteiger partial charge is 0.301 e. The molecule has 1 atom stereocenters. The van der Waals surface area contributed by atoms with Gasteiger partial charge in [-0.15, -0.1) is 0 Å². The second-order valence-electron chi connectivity index (χ2n) is 9.14. The van der Waals surface area contributed by atoms with Gasteiger partial charge in [0.15, 0.2) is 5.13 Å². The van der Waals surface area contributed by atoms with Crippen molar-refractivity contribution >= 4 is 49.8 Å². The maximum absolute atomic E-state index is 13.9. The number of fused-ring (bicyclic) bond motifs is 1. The third kappa shape index (κ3) is 4.61. The Balaban J connectivity index is 1.68. The van der Waals surface area contributed by atoms with Crippen molar-refractivity contribution in [3.63, 3.8) is 0 Å². The molecular formula is C29H26FN3O4S. The largest absolute Gasteiger partial charge is 0.507 e. The van der Waals surface area contributed by atoms with Crippen molar-refractivity contribution in [2.45, 2.75) is 19.4 Å². The normalized spacial score (nSPS) is 16.8. The van der Waals surface area contributed by atoms with Gasteiger partial charge in [0.2, 0.25) is 0 Å². The number of benzene rings is 3. The van der Waals surface area contributed by atoms with Crippen molar-refractivity contribution < 1.29 is 23.8 Å². The molecule has 2 heterocycles. The summed E-state index contributed by atoms with van der Waals surface area (Å²) >= 11 is 1.11. The first-order valence-electron chi connectivity index (χ1n) is 12.2. The van der Waals surface area contributed by atoms with Crippen LogP contribution in [0.15, 0.2) is 72.3 Å². The second-order valence-corrected chi connectivity index (χ2v) is 10.1. The quantitative estimate of drug-likeness (QED) is 0.181. The minimum absolute atomic E-state index is 0.0503. The molecule has 38 heavy (non-hydrogen) atoms. The van der Waals surface area contributed by atoms with Crippen LogP contribution in [-0.4, -0.2) is 42.5 Å². The summed E-state index contributed by atoms with van der Waals surface area (Å²) in [5.74, 6) is -1.82. The Kier molecular flexibility index (Phi) is 6.86. The van der Waals surface area contributed by atoms with Gasteiger partial charge < -0.3 is 14.7 Å². The van der Waals surface area contributed by atoms with Crippen LogP contribution >= 0.6 is 11.3 Å². The van der Waals surface area contributed by atoms with E-state index in [-0.39, 0.29) is 16.5 Å². The van der Waals surface area contributed by atoms with Crippen molar-refractivity contribution in [2.24, 2.45) is 0 Å². The minimum Gasteiger partial charge on any atom is -0.507 e. The summed E-state index contributed by atoms with van der Waals surface area (Å²) < 4.78 is 20.1. The van der Waals surface area contributed by atoms with Gasteiger partial charge in [-0.05, 0) is 54.4 Å². The first-order valence-corrected chi connectivity index (χ1v) is 13.0. The van der Waals surface area contributed by atoms with Gasteiger partial charge >= 0.3 is 5.91 Å². The number of thiazole rings is 1. The number of aliphatic hydroxyl groups excluding tert-OH is 1. The zero-order chi connectivity index (χ0) is 27.0. The molecule has 1 aliphatic rings. The molecule has 1 unspecified atom stereocenters. The average molecular weight is 532 g/mol. The Morgan fingerprint density at radius 1 is 1.11 bits per heavy atom. The molecule has 0 bridgehead atoms. The van der Waals surface area contributed by atoms with E-state index in [0.717, 1.165) is 23.4 Å². The third-order valence-electron chi connectivity index (χ3n) is 6.30. The first kappa shape index (κ1) is 25.4. The Hall–Kier alpha value is -4.24. The molecule has 1 saturated heterocycles. The van der Waals surface area contributed by atoms with E-state index in [9.17, 15) is 19.1 Å². The number of aliphatic hydroxyl groups is 1. The highest BCUT2D eigenvalue weighted by Gasteiger charge is 2.48. The summed E-state index contributed by atoms with van der Waals surface area (Å²) in [6.45, 7) is 2.49. The number of carbonyl (C=O) groups is 2. The molecule has 0 aliphatic carbocycles. The van der Waals surface area contributed by atoms with Gasteiger partial charge in [-0.1, -0.05) is 42.5 Å². The van der Waals surface area contributed by atoms with E-state index in [1.54, 1.807) is 24.3 Å². The lowest BCUT2D eigenvalue weighted by atomic mass is 9.95. The molecular weight excluding hydrogens is 505 g/mol. The lowest BCUT2D eigenvalue weighted by Gasteiger charge is -2.23. The third-order valence-corrected chi connectivity index (χ3v) is 7.31. The highest BCUT2D eigenvalue weighted by atomic mass is 32.1. The van der Waals surface area contributed by atoms with Crippen molar-refractivity contribution in [1.82, 2.24) is 4.98 Å². The van der Waals surface area contributed by atoms with Crippen LogP contribution in [0, 0.1) is 5.82 Å². The van der Waals surface area contributed by atoms with E-state index < -0.39 is 23.5 Å². The number of hydrogen-bond donors (Lipinski definition) is 1. The Morgan fingerprint density at radius 2 is 1.87 bits per heavy atom. The van der Waals surface area contributed by atoms with E-state index in [1.165, 1.54) is 23.1 Å². The van der Waals surface area contributed by atoms with Gasteiger partial charge in [0.1, 0.15) is 17.3 Å². The number of hydrogen-bond acceptors (Lipinski definition) is 7. The van der Waals surface area contributed by atoms with Crippen molar-refractivity contribution in [2.75, 3.05) is 30.5 Å². The minimum atomic E-state index is -0.933. The molecule has 1 aliphatic heterocycles. The summed E-state index contributed by atoms with van der Waals surface area (Å²) in [6.07, 6.45) is 0.816. The van der Waals surface area contributed by atoms with Gasteiger partial charge in [0.25, 0.3) is 5.78 Å². The highest BCUT2D eigenvalue weighted by molar-refractivity contribution is 7.22. The predicted molar refractivity (Wildman–Crippen MR) is 147 cm³/mol. The first-order chi connectivity index (χ1) is 18.3. The number of halogens is 1. The van der Waals surface area contributed by atoms with Crippen molar-refractivity contribution in [3.05, 3.63) is 89.2 Å². The van der Waals surface area contributed by atoms with Gasteiger partial charge in [-0.3, -0.25) is 14.5 Å². The number of Topliss-reactive ketones (excluding diaryl/α,β-unsaturated/α-hetero) is 1. The summed E-state index contributed by atoms with van der Waals surface area (Å²) in [7, 11) is 3.82. The number of nitrogens with zero attached hydrogens (tertiary/aromatic N) is 3. The van der Waals surface area contributed by atoms with Crippen LogP contribution in [0.3, 0.4) is 0 Å². The second kappa shape index (κ2) is 10.3. The molecule has 9 heteroatoms. The lowest BCUT2D eigenvalue weighted by molar-refractivity contribution is -0.132. The highest BCUT2D eigenvalue weighted by Crippen LogP contribution is 2.44. The standard InChI is InChI=1S/C29H26FN3O4S/c1-4-14-37-21-7-5-6-18(15-21)26(34)24-25(17-8-11-20(12-9-17)32(2)3)33(28(36)27(24)35)29-31-22-13-10-19(30)16-23(22)38-29/h5-13,15-16,25,34H,4,14H2,1-3H3. The number of amides is 1. The molecule has 194 valence electrons. The molecule has 0 radical (unpaired) electrons. The predicted octanol–water partition coefficient (Wildman–Crippen LogP) is 5.92. The number of ketones is 1. The van der Waals surface area contributed by atoms with Gasteiger partial charge in [-0.25, -0.2) is 9.37 Å². The van der Waals surface area contributed by atoms with Crippen LogP contribution in [0.25, 0.3) is 16.0 Å². The van der Waals surface area contributed by atoms with E-state index in [1.807, 2.05) is 50.2 Å². The fourth-order valence-electron chi connectivity index (χ4n) is 4.40. The molecule has 4 aromatic rings. The van der Waals surface area contributed by atoms with Gasteiger partial charge in [0, 0.05) is 25.3 Å². The summed E-state index contributed by atoms with van der Waals surface area (Å²) in [5.41, 5.74) is 2.38. The van der Waals surface area contributed by atoms with Crippen LogP contribution in [0.5, 0.6) is 5.75 Å². The summed E-state index contributed by atoms with van der Waals surface area (Å²) in [4.78, 5) is 34.7. The molecule has 1 aromatic heterocycles. The Morgan fingerprint density at radius 3 is 2.58 bits per heavy atom. The molecule has 3 aromatic carbocycles. The number of rotatable bonds is 7. The van der Waals surface area contributed by atoms with Crippen LogP contribution in [0.2, 0.25) is 0 Å². The molecule has 0 saturated carbocycles. The molecule has 1 N–H and O–H groups in total. The Bertz CT molecular complexity index is 1560. The van der Waals surface area contributed by atoms with E-state index in [2.05, 4.69) is 4.98 Å². The number of ether oxygens (including phenoxy) is 1. The van der Waals surface area contributed by atoms with Crippen LogP contribution < -0.4 is 14.5 Å². The van der Waals surface area contributed by atoms with Crippen molar-refractivity contribution in [3.8, 4) is 5.75 Å². The fraction of sp³-hybridized carbons (Fsp3) is 0.207. The average Bonchev–Trinajstić information content (AvgIpc) is 3.44. The molecule has 0 spiro atoms. The molecule has 7 nitrogen and oxygen atoms in total. The van der Waals surface area contributed by atoms with E-state index >= 15 is 0 Å². The number of carbonyl (C=O) groups excluding carboxylic acids is 2. The van der Waals surface area contributed by atoms with E-state index in [4.69, 9.17) is 4.74 Å². The zero-order valence-corrected chi connectivity index (χ0v) is 22.0. The zero-order valence-electron chi connectivity index (χ0n) is 21.1. The van der Waals surface area contributed by atoms with Crippen LogP contribution in [0.4, 0.5) is 15.2 Å². The van der Waals surface area contributed by atoms with Crippen LogP contribution in [0.1, 0.15) is 30.5 Å². The molecule has 1 amide bonds. The van der Waals surface area contributed by atoms with Gasteiger partial charge in [-0.2, -0.15) is 0 Å². The monoisotopic (exact) mass is 531 g/mol. The molecule has 5 rings (SSSR count). The van der Waals surface area contributed by atoms with E-state index in [0.29, 0.717) is 33.7 Å². The number of aromatic nitrogens is 1. The van der Waals surface area contributed by atoms with Gasteiger partial charge in [0.05, 0.1) is 28.4 Å². The summed E-state index contributed by atoms with van der Waals surface area (Å²) in [5, 5.41) is 11.7. The lowest BCUT2D eigenvalue weighted by Crippen LogP contribution is -2.29. The maximum Gasteiger partial charge on any atom is 0.301 e. The topological polar surface area (TPSA) is 83.0 Å². The maximum atomic E-state index is 13.9. The summed E-state index contributed by atoms with van der Waals surface area (Å²) in [6, 6.07) is 17.4. The fourth-order valence-corrected chi connectivity index (χ4v) is 5.42. The van der Waals surface area contributed by atoms with Crippen LogP contribution in [-0.2, 0) is 9.59 Å². The molecule has 1 fully saturated rings. The number of anilines is 2. The van der Waals surface area contributed by atoms with Crippen molar-refractivity contribution in [1.29, 1.82) is 0 Å².